The molecule has 3 aromatic rings. The Hall–Kier alpha value is -3.27. The summed E-state index contributed by atoms with van der Waals surface area (Å²) in [6, 6.07) is 21.8. The first kappa shape index (κ1) is 17.2. The van der Waals surface area contributed by atoms with Crippen LogP contribution in [0.5, 0.6) is 23.0 Å². The van der Waals surface area contributed by atoms with Crippen LogP contribution in [0.15, 0.2) is 71.7 Å². The Kier molecular flexibility index (Phi) is 4.79. The molecule has 0 fully saturated rings. The molecule has 27 heavy (non-hydrogen) atoms. The first-order valence-electron chi connectivity index (χ1n) is 8.92. The number of rotatable bonds is 5. The van der Waals surface area contributed by atoms with Gasteiger partial charge < -0.3 is 14.2 Å². The van der Waals surface area contributed by atoms with Crippen molar-refractivity contribution in [3.8, 4) is 23.0 Å². The Labute approximate surface area is 159 Å². The van der Waals surface area contributed by atoms with E-state index in [1.54, 1.807) is 14.2 Å². The van der Waals surface area contributed by atoms with Gasteiger partial charge in [0.05, 0.1) is 19.9 Å². The number of benzene rings is 3. The standard InChI is InChI=1S/C23H21NO3/c1-25-21-14-16-12-13-24-23(19(16)15-22(21)26-2)18-10-6-7-11-20(18)27-17-8-4-3-5-9-17/h3-11,14-15H,12-13H2,1-2H3. The maximum absolute atomic E-state index is 6.14. The summed E-state index contributed by atoms with van der Waals surface area (Å²) in [5, 5.41) is 0. The van der Waals surface area contributed by atoms with Gasteiger partial charge in [0.1, 0.15) is 11.5 Å². The molecule has 0 N–H and O–H groups in total. The van der Waals surface area contributed by atoms with Crippen LogP contribution in [0, 0.1) is 0 Å². The molecular weight excluding hydrogens is 338 g/mol. The van der Waals surface area contributed by atoms with Crippen molar-refractivity contribution in [3.63, 3.8) is 0 Å². The first-order chi connectivity index (χ1) is 13.3. The number of fused-ring (bicyclic) bond motifs is 1. The van der Waals surface area contributed by atoms with Crippen LogP contribution in [0.1, 0.15) is 16.7 Å². The van der Waals surface area contributed by atoms with E-state index in [2.05, 4.69) is 0 Å². The molecule has 0 atom stereocenters. The van der Waals surface area contributed by atoms with Crippen molar-refractivity contribution < 1.29 is 14.2 Å². The zero-order valence-electron chi connectivity index (χ0n) is 15.4. The Morgan fingerprint density at radius 3 is 2.22 bits per heavy atom. The van der Waals surface area contributed by atoms with Crippen molar-refractivity contribution >= 4 is 5.71 Å². The minimum Gasteiger partial charge on any atom is -0.493 e. The molecule has 0 aliphatic carbocycles. The average molecular weight is 359 g/mol. The van der Waals surface area contributed by atoms with Crippen LogP contribution in [0.4, 0.5) is 0 Å². The number of aliphatic imine (C=N–C) groups is 1. The largest absolute Gasteiger partial charge is 0.493 e. The smallest absolute Gasteiger partial charge is 0.161 e. The Balaban J connectivity index is 1.79. The first-order valence-corrected chi connectivity index (χ1v) is 8.92. The van der Waals surface area contributed by atoms with Gasteiger partial charge >= 0.3 is 0 Å². The van der Waals surface area contributed by atoms with Crippen molar-refractivity contribution in [2.75, 3.05) is 20.8 Å². The van der Waals surface area contributed by atoms with Crippen LogP contribution in [0.3, 0.4) is 0 Å². The zero-order valence-corrected chi connectivity index (χ0v) is 15.4. The van der Waals surface area contributed by atoms with Crippen molar-refractivity contribution in [1.29, 1.82) is 0 Å². The maximum Gasteiger partial charge on any atom is 0.161 e. The van der Waals surface area contributed by atoms with Crippen LogP contribution in [-0.2, 0) is 6.42 Å². The van der Waals surface area contributed by atoms with Gasteiger partial charge in [-0.3, -0.25) is 4.99 Å². The van der Waals surface area contributed by atoms with Crippen LogP contribution in [0.2, 0.25) is 0 Å². The Morgan fingerprint density at radius 1 is 0.741 bits per heavy atom. The molecule has 0 unspecified atom stereocenters. The van der Waals surface area contributed by atoms with Gasteiger partial charge in [0, 0.05) is 17.7 Å². The summed E-state index contributed by atoms with van der Waals surface area (Å²) in [4.78, 5) is 4.81. The molecule has 136 valence electrons. The van der Waals surface area contributed by atoms with E-state index < -0.39 is 0 Å². The quantitative estimate of drug-likeness (QED) is 0.651. The molecule has 1 heterocycles. The Morgan fingerprint density at radius 2 is 1.44 bits per heavy atom. The molecule has 0 bridgehead atoms. The predicted molar refractivity (Wildman–Crippen MR) is 107 cm³/mol. The topological polar surface area (TPSA) is 40.0 Å². The van der Waals surface area contributed by atoms with Crippen molar-refractivity contribution in [2.45, 2.75) is 6.42 Å². The second-order valence-corrected chi connectivity index (χ2v) is 6.26. The molecule has 4 heteroatoms. The molecule has 0 saturated heterocycles. The summed E-state index contributed by atoms with van der Waals surface area (Å²) >= 11 is 0. The van der Waals surface area contributed by atoms with E-state index in [4.69, 9.17) is 19.2 Å². The van der Waals surface area contributed by atoms with E-state index in [1.165, 1.54) is 5.56 Å². The molecule has 0 saturated carbocycles. The third kappa shape index (κ3) is 3.38. The van der Waals surface area contributed by atoms with E-state index in [-0.39, 0.29) is 0 Å². The number of hydrogen-bond acceptors (Lipinski definition) is 4. The maximum atomic E-state index is 6.14. The normalized spacial score (nSPS) is 12.7. The van der Waals surface area contributed by atoms with Gasteiger partial charge in [-0.1, -0.05) is 30.3 Å². The molecule has 3 aromatic carbocycles. The van der Waals surface area contributed by atoms with Crippen LogP contribution < -0.4 is 14.2 Å². The molecule has 0 amide bonds. The summed E-state index contributed by atoms with van der Waals surface area (Å²) in [6.45, 7) is 0.734. The highest BCUT2D eigenvalue weighted by molar-refractivity contribution is 6.16. The van der Waals surface area contributed by atoms with Gasteiger partial charge in [-0.05, 0) is 48.4 Å². The average Bonchev–Trinajstić information content (AvgIpc) is 2.73. The molecule has 4 nitrogen and oxygen atoms in total. The number of ether oxygens (including phenoxy) is 3. The molecule has 0 radical (unpaired) electrons. The van der Waals surface area contributed by atoms with E-state index >= 15 is 0 Å². The zero-order chi connectivity index (χ0) is 18.6. The lowest BCUT2D eigenvalue weighted by Gasteiger charge is -2.21. The minimum atomic E-state index is 0.701. The fourth-order valence-corrected chi connectivity index (χ4v) is 3.32. The van der Waals surface area contributed by atoms with Gasteiger partial charge in [-0.25, -0.2) is 0 Å². The van der Waals surface area contributed by atoms with E-state index in [9.17, 15) is 0 Å². The molecule has 1 aliphatic rings. The highest BCUT2D eigenvalue weighted by Crippen LogP contribution is 2.35. The lowest BCUT2D eigenvalue weighted by molar-refractivity contribution is 0.354. The summed E-state index contributed by atoms with van der Waals surface area (Å²) in [5.41, 5.74) is 4.15. The third-order valence-corrected chi connectivity index (χ3v) is 4.63. The minimum absolute atomic E-state index is 0.701. The van der Waals surface area contributed by atoms with Gasteiger partial charge in [0.25, 0.3) is 0 Å². The SMILES string of the molecule is COc1cc2c(cc1OC)C(c1ccccc1Oc1ccccc1)=NCC2. The summed E-state index contributed by atoms with van der Waals surface area (Å²) in [6.07, 6.45) is 0.876. The molecular formula is C23H21NO3. The van der Waals surface area contributed by atoms with Crippen molar-refractivity contribution in [1.82, 2.24) is 0 Å². The van der Waals surface area contributed by atoms with Gasteiger partial charge in [-0.2, -0.15) is 0 Å². The van der Waals surface area contributed by atoms with E-state index in [0.717, 1.165) is 47.1 Å². The molecule has 4 rings (SSSR count). The highest BCUT2D eigenvalue weighted by Gasteiger charge is 2.22. The lowest BCUT2D eigenvalue weighted by atomic mass is 9.92. The fourth-order valence-electron chi connectivity index (χ4n) is 3.32. The number of methoxy groups -OCH3 is 2. The monoisotopic (exact) mass is 359 g/mol. The summed E-state index contributed by atoms with van der Waals surface area (Å²) in [7, 11) is 3.31. The second-order valence-electron chi connectivity index (χ2n) is 6.26. The molecule has 0 spiro atoms. The Bertz CT molecular complexity index is 980. The lowest BCUT2D eigenvalue weighted by Crippen LogP contribution is -2.15. The van der Waals surface area contributed by atoms with Crippen molar-refractivity contribution in [2.24, 2.45) is 4.99 Å². The second kappa shape index (κ2) is 7.54. The van der Waals surface area contributed by atoms with Gasteiger partial charge in [0.15, 0.2) is 11.5 Å². The van der Waals surface area contributed by atoms with Gasteiger partial charge in [0.2, 0.25) is 0 Å². The van der Waals surface area contributed by atoms with Crippen LogP contribution in [0.25, 0.3) is 0 Å². The molecule has 1 aliphatic heterocycles. The number of para-hydroxylation sites is 2. The summed E-state index contributed by atoms with van der Waals surface area (Å²) < 4.78 is 17.1. The fraction of sp³-hybridized carbons (Fsp3) is 0.174. The number of hydrogen-bond donors (Lipinski definition) is 0. The predicted octanol–water partition coefficient (Wildman–Crippen LogP) is 4.89. The van der Waals surface area contributed by atoms with Crippen LogP contribution in [-0.4, -0.2) is 26.5 Å². The summed E-state index contributed by atoms with van der Waals surface area (Å²) in [5.74, 6) is 3.03. The molecule has 0 aromatic heterocycles. The van der Waals surface area contributed by atoms with Crippen molar-refractivity contribution in [3.05, 3.63) is 83.4 Å². The highest BCUT2D eigenvalue weighted by atomic mass is 16.5. The van der Waals surface area contributed by atoms with E-state index in [0.29, 0.717) is 5.75 Å². The number of nitrogens with zero attached hydrogens (tertiary/aromatic N) is 1. The van der Waals surface area contributed by atoms with Gasteiger partial charge in [-0.15, -0.1) is 0 Å². The third-order valence-electron chi connectivity index (χ3n) is 4.63. The van der Waals surface area contributed by atoms with E-state index in [1.807, 2.05) is 66.7 Å². The van der Waals surface area contributed by atoms with Crippen LogP contribution >= 0.6 is 0 Å².